The van der Waals surface area contributed by atoms with Crippen LogP contribution < -0.4 is 4.72 Å². The van der Waals surface area contributed by atoms with E-state index in [9.17, 15) is 8.42 Å². The first-order valence-electron chi connectivity index (χ1n) is 7.21. The van der Waals surface area contributed by atoms with Gasteiger partial charge in [0.15, 0.2) is 0 Å². The van der Waals surface area contributed by atoms with Gasteiger partial charge in [-0.25, -0.2) is 8.42 Å². The van der Waals surface area contributed by atoms with Crippen LogP contribution in [0.3, 0.4) is 0 Å². The molecule has 0 bridgehead atoms. The van der Waals surface area contributed by atoms with Gasteiger partial charge in [0.1, 0.15) is 0 Å². The van der Waals surface area contributed by atoms with E-state index in [0.717, 1.165) is 43.4 Å². The molecule has 6 heteroatoms. The van der Waals surface area contributed by atoms with Gasteiger partial charge in [0.05, 0.1) is 18.1 Å². The van der Waals surface area contributed by atoms with Gasteiger partial charge < -0.3 is 0 Å². The number of pyridine rings is 1. The zero-order valence-electron chi connectivity index (χ0n) is 12.5. The van der Waals surface area contributed by atoms with Gasteiger partial charge >= 0.3 is 0 Å². The summed E-state index contributed by atoms with van der Waals surface area (Å²) in [7, 11) is -3.28. The average Bonchev–Trinajstić information content (AvgIpc) is 2.47. The summed E-state index contributed by atoms with van der Waals surface area (Å²) >= 11 is 0. The van der Waals surface area contributed by atoms with E-state index in [1.165, 1.54) is 5.56 Å². The highest BCUT2D eigenvalue weighted by molar-refractivity contribution is 7.92. The van der Waals surface area contributed by atoms with E-state index in [1.54, 1.807) is 6.20 Å². The van der Waals surface area contributed by atoms with Crippen LogP contribution in [-0.2, 0) is 29.5 Å². The molecule has 0 atom stereocenters. The van der Waals surface area contributed by atoms with Crippen LogP contribution in [0.4, 0.5) is 5.69 Å². The summed E-state index contributed by atoms with van der Waals surface area (Å²) in [6.45, 7) is 2.59. The predicted molar refractivity (Wildman–Crippen MR) is 87.0 cm³/mol. The van der Waals surface area contributed by atoms with Gasteiger partial charge in [-0.1, -0.05) is 30.3 Å². The first-order chi connectivity index (χ1) is 10.5. The molecular formula is C16H19N3O2S. The monoisotopic (exact) mass is 317 g/mol. The highest BCUT2D eigenvalue weighted by Gasteiger charge is 2.20. The molecule has 1 aromatic heterocycles. The molecule has 0 amide bonds. The Bertz CT molecular complexity index is 760. The molecule has 0 fully saturated rings. The lowest BCUT2D eigenvalue weighted by Gasteiger charge is -2.29. The Labute approximate surface area is 131 Å². The van der Waals surface area contributed by atoms with E-state index >= 15 is 0 Å². The highest BCUT2D eigenvalue weighted by atomic mass is 32.2. The Kier molecular flexibility index (Phi) is 4.13. The van der Waals surface area contributed by atoms with E-state index in [-0.39, 0.29) is 0 Å². The molecule has 0 spiro atoms. The number of nitrogens with zero attached hydrogens (tertiary/aromatic N) is 2. The predicted octanol–water partition coefficient (Wildman–Crippen LogP) is 2.01. The minimum Gasteiger partial charge on any atom is -0.294 e. The Morgan fingerprint density at radius 1 is 1.23 bits per heavy atom. The maximum atomic E-state index is 11.4. The SMILES string of the molecule is CS(=O)(=O)Nc1cncc2c1CCN(Cc1ccccc1)C2. The van der Waals surface area contributed by atoms with Gasteiger partial charge in [0.25, 0.3) is 0 Å². The second kappa shape index (κ2) is 6.06. The zero-order valence-corrected chi connectivity index (χ0v) is 13.3. The largest absolute Gasteiger partial charge is 0.294 e. The number of nitrogens with one attached hydrogen (secondary N) is 1. The number of rotatable bonds is 4. The molecule has 116 valence electrons. The maximum absolute atomic E-state index is 11.4. The molecular weight excluding hydrogens is 298 g/mol. The fourth-order valence-corrected chi connectivity index (χ4v) is 3.39. The Hall–Kier alpha value is -1.92. The van der Waals surface area contributed by atoms with E-state index in [4.69, 9.17) is 0 Å². The van der Waals surface area contributed by atoms with Gasteiger partial charge in [0, 0.05) is 25.8 Å². The maximum Gasteiger partial charge on any atom is 0.229 e. The van der Waals surface area contributed by atoms with Crippen molar-refractivity contribution >= 4 is 15.7 Å². The second-order valence-electron chi connectivity index (χ2n) is 5.65. The third-order valence-electron chi connectivity index (χ3n) is 3.76. The van der Waals surface area contributed by atoms with E-state index < -0.39 is 10.0 Å². The second-order valence-corrected chi connectivity index (χ2v) is 7.39. The van der Waals surface area contributed by atoms with Crippen LogP contribution in [0.2, 0.25) is 0 Å². The lowest BCUT2D eigenvalue weighted by Crippen LogP contribution is -2.31. The van der Waals surface area contributed by atoms with E-state index in [2.05, 4.69) is 26.7 Å². The van der Waals surface area contributed by atoms with Crippen molar-refractivity contribution in [1.82, 2.24) is 9.88 Å². The van der Waals surface area contributed by atoms with Gasteiger partial charge in [-0.15, -0.1) is 0 Å². The number of aromatic nitrogens is 1. The van der Waals surface area contributed by atoms with E-state index in [1.807, 2.05) is 24.4 Å². The molecule has 1 N–H and O–H groups in total. The molecule has 0 aliphatic carbocycles. The summed E-state index contributed by atoms with van der Waals surface area (Å²) in [5.41, 5.74) is 4.05. The summed E-state index contributed by atoms with van der Waals surface area (Å²) in [4.78, 5) is 6.52. The van der Waals surface area contributed by atoms with E-state index in [0.29, 0.717) is 5.69 Å². The molecule has 22 heavy (non-hydrogen) atoms. The average molecular weight is 317 g/mol. The van der Waals surface area contributed by atoms with Crippen LogP contribution in [0, 0.1) is 0 Å². The minimum absolute atomic E-state index is 0.611. The molecule has 3 rings (SSSR count). The topological polar surface area (TPSA) is 62.3 Å². The lowest BCUT2D eigenvalue weighted by molar-refractivity contribution is 0.245. The van der Waals surface area contributed by atoms with Gasteiger partial charge in [-0.2, -0.15) is 0 Å². The number of anilines is 1. The summed E-state index contributed by atoms with van der Waals surface area (Å²) < 4.78 is 25.5. The molecule has 1 aliphatic heterocycles. The van der Waals surface area contributed by atoms with Crippen LogP contribution in [0.1, 0.15) is 16.7 Å². The van der Waals surface area contributed by atoms with Crippen LogP contribution in [0.5, 0.6) is 0 Å². The standard InChI is InChI=1S/C16H19N3O2S/c1-22(20,21)18-16-10-17-9-14-12-19(8-7-15(14)16)11-13-5-3-2-4-6-13/h2-6,9-10,18H,7-8,11-12H2,1H3. The highest BCUT2D eigenvalue weighted by Crippen LogP contribution is 2.26. The molecule has 0 saturated heterocycles. The van der Waals surface area contributed by atoms with Crippen LogP contribution in [0.25, 0.3) is 0 Å². The smallest absolute Gasteiger partial charge is 0.229 e. The molecule has 0 saturated carbocycles. The zero-order chi connectivity index (χ0) is 15.6. The van der Waals surface area contributed by atoms with Crippen molar-refractivity contribution in [2.45, 2.75) is 19.5 Å². The number of sulfonamides is 1. The van der Waals surface area contributed by atoms with Crippen molar-refractivity contribution in [2.24, 2.45) is 0 Å². The molecule has 2 heterocycles. The molecule has 0 unspecified atom stereocenters. The summed E-state index contributed by atoms with van der Waals surface area (Å²) in [6.07, 6.45) is 5.41. The van der Waals surface area contributed by atoms with Gasteiger partial charge in [0.2, 0.25) is 10.0 Å². The van der Waals surface area contributed by atoms with Crippen molar-refractivity contribution in [3.8, 4) is 0 Å². The fraction of sp³-hybridized carbons (Fsp3) is 0.312. The van der Waals surface area contributed by atoms with Crippen LogP contribution in [-0.4, -0.2) is 31.1 Å². The van der Waals surface area contributed by atoms with Crippen molar-refractivity contribution in [2.75, 3.05) is 17.5 Å². The molecule has 1 aromatic carbocycles. The third kappa shape index (κ3) is 3.64. The van der Waals surface area contributed by atoms with Crippen molar-refractivity contribution in [1.29, 1.82) is 0 Å². The summed E-state index contributed by atoms with van der Waals surface area (Å²) in [5, 5.41) is 0. The first-order valence-corrected chi connectivity index (χ1v) is 9.10. The third-order valence-corrected chi connectivity index (χ3v) is 4.35. The van der Waals surface area contributed by atoms with Crippen LogP contribution >= 0.6 is 0 Å². The summed E-state index contributed by atoms with van der Waals surface area (Å²) in [5.74, 6) is 0. The van der Waals surface area contributed by atoms with Crippen molar-refractivity contribution in [3.05, 3.63) is 59.4 Å². The minimum atomic E-state index is -3.28. The number of hydrogen-bond acceptors (Lipinski definition) is 4. The molecule has 1 aliphatic rings. The van der Waals surface area contributed by atoms with Gasteiger partial charge in [-0.3, -0.25) is 14.6 Å². The quantitative estimate of drug-likeness (QED) is 0.937. The summed E-state index contributed by atoms with van der Waals surface area (Å²) in [6, 6.07) is 10.3. The molecule has 0 radical (unpaired) electrons. The molecule has 5 nitrogen and oxygen atoms in total. The Balaban J connectivity index is 1.78. The first kappa shape index (κ1) is 15.0. The Morgan fingerprint density at radius 2 is 2.00 bits per heavy atom. The normalized spacial score (nSPS) is 15.3. The Morgan fingerprint density at radius 3 is 2.73 bits per heavy atom. The number of hydrogen-bond donors (Lipinski definition) is 1. The van der Waals surface area contributed by atoms with Gasteiger partial charge in [-0.05, 0) is 23.1 Å². The van der Waals surface area contributed by atoms with Crippen molar-refractivity contribution in [3.63, 3.8) is 0 Å². The number of fused-ring (bicyclic) bond motifs is 1. The number of benzene rings is 1. The lowest BCUT2D eigenvalue weighted by atomic mass is 10.00. The fourth-order valence-electron chi connectivity index (χ4n) is 2.82. The van der Waals surface area contributed by atoms with Crippen LogP contribution in [0.15, 0.2) is 42.7 Å². The molecule has 2 aromatic rings. The van der Waals surface area contributed by atoms with Crippen molar-refractivity contribution < 1.29 is 8.42 Å².